The van der Waals surface area contributed by atoms with Crippen molar-refractivity contribution in [2.45, 2.75) is 18.6 Å². The molecule has 10 heteroatoms. The van der Waals surface area contributed by atoms with E-state index in [2.05, 4.69) is 10.1 Å². The van der Waals surface area contributed by atoms with E-state index in [1.165, 1.54) is 0 Å². The predicted octanol–water partition coefficient (Wildman–Crippen LogP) is 3.23. The number of hydrogen-bond acceptors (Lipinski definition) is 3. The molecule has 0 aliphatic carbocycles. The number of rotatable bonds is 3. The Balaban J connectivity index is 2.39. The fraction of sp³-hybridized carbons (Fsp3) is 0.538. The largest absolute Gasteiger partial charge is 0.573 e. The molecule has 1 aromatic carbocycles. The van der Waals surface area contributed by atoms with Crippen molar-refractivity contribution in [2.75, 3.05) is 26.2 Å². The molecule has 1 atom stereocenters. The zero-order valence-electron chi connectivity index (χ0n) is 11.6. The molecule has 2 rings (SSSR count). The predicted molar refractivity (Wildman–Crippen MR) is 66.3 cm³/mol. The Hall–Kier alpha value is -1.55. The molecule has 1 aromatic rings. The van der Waals surface area contributed by atoms with Crippen molar-refractivity contribution in [3.8, 4) is 5.75 Å². The molecule has 1 aliphatic rings. The number of benzene rings is 1. The quantitative estimate of drug-likeness (QED) is 0.851. The van der Waals surface area contributed by atoms with Crippen LogP contribution in [-0.2, 0) is 0 Å². The van der Waals surface area contributed by atoms with Gasteiger partial charge in [-0.15, -0.1) is 13.2 Å². The molecule has 0 aromatic heterocycles. The lowest BCUT2D eigenvalue weighted by Gasteiger charge is -2.36. The highest BCUT2D eigenvalue weighted by atomic mass is 19.4. The monoisotopic (exact) mass is 346 g/mol. The molecule has 0 spiro atoms. The van der Waals surface area contributed by atoms with E-state index in [0.29, 0.717) is 18.2 Å². The summed E-state index contributed by atoms with van der Waals surface area (Å²) in [7, 11) is 0. The first-order valence-electron chi connectivity index (χ1n) is 6.64. The first-order chi connectivity index (χ1) is 10.6. The number of nitrogens with zero attached hydrogens (tertiary/aromatic N) is 1. The van der Waals surface area contributed by atoms with Crippen molar-refractivity contribution in [1.29, 1.82) is 0 Å². The van der Waals surface area contributed by atoms with E-state index in [0.717, 1.165) is 4.90 Å². The first kappa shape index (κ1) is 17.8. The van der Waals surface area contributed by atoms with Crippen LogP contribution in [0.3, 0.4) is 0 Å². The molecule has 1 N–H and O–H groups in total. The highest BCUT2D eigenvalue weighted by molar-refractivity contribution is 5.33. The van der Waals surface area contributed by atoms with Crippen LogP contribution < -0.4 is 10.1 Å². The Bertz CT molecular complexity index is 538. The fourth-order valence-electron chi connectivity index (χ4n) is 2.45. The topological polar surface area (TPSA) is 24.5 Å². The zero-order valence-corrected chi connectivity index (χ0v) is 11.6. The van der Waals surface area contributed by atoms with E-state index in [-0.39, 0.29) is 26.2 Å². The number of ether oxygens (including phenoxy) is 1. The fourth-order valence-corrected chi connectivity index (χ4v) is 2.45. The molecule has 0 radical (unpaired) electrons. The van der Waals surface area contributed by atoms with Crippen LogP contribution in [-0.4, -0.2) is 43.6 Å². The minimum atomic E-state index is -5.07. The van der Waals surface area contributed by atoms with E-state index in [9.17, 15) is 30.7 Å². The summed E-state index contributed by atoms with van der Waals surface area (Å²) in [6, 6.07) is -0.709. The third kappa shape index (κ3) is 4.71. The molecule has 23 heavy (non-hydrogen) atoms. The van der Waals surface area contributed by atoms with Gasteiger partial charge in [-0.2, -0.15) is 13.2 Å². The second kappa shape index (κ2) is 6.52. The number of halogens is 7. The third-order valence-electron chi connectivity index (χ3n) is 3.32. The molecule has 1 fully saturated rings. The molecule has 1 heterocycles. The van der Waals surface area contributed by atoms with Gasteiger partial charge in [-0.25, -0.2) is 4.39 Å². The van der Waals surface area contributed by atoms with Crippen LogP contribution in [0.15, 0.2) is 18.2 Å². The Kier molecular flexibility index (Phi) is 5.04. The van der Waals surface area contributed by atoms with Crippen molar-refractivity contribution in [3.63, 3.8) is 0 Å². The molecular formula is C13H13F7N2O. The van der Waals surface area contributed by atoms with Gasteiger partial charge in [0.2, 0.25) is 0 Å². The van der Waals surface area contributed by atoms with Gasteiger partial charge in [-0.3, -0.25) is 4.90 Å². The lowest BCUT2D eigenvalue weighted by molar-refractivity contribution is -0.274. The Morgan fingerprint density at radius 1 is 1.04 bits per heavy atom. The lowest BCUT2D eigenvalue weighted by atomic mass is 10.0. The van der Waals surface area contributed by atoms with Crippen LogP contribution in [0.25, 0.3) is 0 Å². The van der Waals surface area contributed by atoms with Crippen LogP contribution in [0.4, 0.5) is 30.7 Å². The minimum absolute atomic E-state index is 0.00598. The van der Waals surface area contributed by atoms with E-state index in [1.807, 2.05) is 0 Å². The summed E-state index contributed by atoms with van der Waals surface area (Å²) in [6.07, 6.45) is -9.91. The van der Waals surface area contributed by atoms with Crippen molar-refractivity contribution < 1.29 is 35.5 Å². The summed E-state index contributed by atoms with van der Waals surface area (Å²) in [5, 5.41) is 2.85. The molecule has 1 saturated heterocycles. The van der Waals surface area contributed by atoms with Gasteiger partial charge in [0.25, 0.3) is 0 Å². The minimum Gasteiger partial charge on any atom is -0.406 e. The second-order valence-electron chi connectivity index (χ2n) is 4.96. The first-order valence-corrected chi connectivity index (χ1v) is 6.64. The highest BCUT2D eigenvalue weighted by Crippen LogP contribution is 2.40. The number of alkyl halides is 6. The van der Waals surface area contributed by atoms with Crippen LogP contribution >= 0.6 is 0 Å². The van der Waals surface area contributed by atoms with Crippen LogP contribution in [0, 0.1) is 5.82 Å². The van der Waals surface area contributed by atoms with Crippen LogP contribution in [0.1, 0.15) is 11.6 Å². The molecule has 0 bridgehead atoms. The highest BCUT2D eigenvalue weighted by Gasteiger charge is 2.46. The average molecular weight is 346 g/mol. The molecule has 130 valence electrons. The summed E-state index contributed by atoms with van der Waals surface area (Å²) in [5.41, 5.74) is -0.888. The van der Waals surface area contributed by atoms with E-state index in [4.69, 9.17) is 0 Å². The van der Waals surface area contributed by atoms with Crippen LogP contribution in [0.2, 0.25) is 0 Å². The van der Waals surface area contributed by atoms with Gasteiger partial charge in [0.1, 0.15) is 17.6 Å². The summed E-state index contributed by atoms with van der Waals surface area (Å²) in [6.45, 7) is 0.530. The maximum atomic E-state index is 13.9. The van der Waals surface area contributed by atoms with Crippen molar-refractivity contribution >= 4 is 0 Å². The lowest BCUT2D eigenvalue weighted by Crippen LogP contribution is -2.49. The van der Waals surface area contributed by atoms with Gasteiger partial charge in [-0.05, 0) is 18.2 Å². The van der Waals surface area contributed by atoms with Crippen molar-refractivity contribution in [1.82, 2.24) is 10.2 Å². The zero-order chi connectivity index (χ0) is 17.3. The number of piperazine rings is 1. The summed E-state index contributed by atoms with van der Waals surface area (Å²) >= 11 is 0. The molecule has 0 unspecified atom stereocenters. The van der Waals surface area contributed by atoms with Gasteiger partial charge >= 0.3 is 12.5 Å². The van der Waals surface area contributed by atoms with E-state index >= 15 is 0 Å². The molecular weight excluding hydrogens is 333 g/mol. The standard InChI is InChI=1S/C13H13F7N2O/c14-10-2-1-8(23-13(18,19)20)7-9(10)11(12(15,16)17)22-5-3-21-4-6-22/h1-2,7,11,21H,3-6H2/t11-/m1/s1. The molecule has 0 saturated carbocycles. The smallest absolute Gasteiger partial charge is 0.406 e. The molecule has 1 aliphatic heterocycles. The molecule has 0 amide bonds. The Morgan fingerprint density at radius 3 is 2.17 bits per heavy atom. The van der Waals surface area contributed by atoms with Gasteiger partial charge in [0, 0.05) is 31.7 Å². The number of nitrogens with one attached hydrogen (secondary N) is 1. The summed E-state index contributed by atoms with van der Waals surface area (Å²) in [5.74, 6) is -2.13. The van der Waals surface area contributed by atoms with Crippen LogP contribution in [0.5, 0.6) is 5.75 Å². The summed E-state index contributed by atoms with van der Waals surface area (Å²) in [4.78, 5) is 0.978. The van der Waals surface area contributed by atoms with Crippen molar-refractivity contribution in [2.24, 2.45) is 0 Å². The number of hydrogen-bond donors (Lipinski definition) is 1. The molecule has 3 nitrogen and oxygen atoms in total. The summed E-state index contributed by atoms with van der Waals surface area (Å²) < 4.78 is 94.1. The Morgan fingerprint density at radius 2 is 1.65 bits per heavy atom. The SMILES string of the molecule is Fc1ccc(OC(F)(F)F)cc1[C@@H](N1CCNCC1)C(F)(F)F. The average Bonchev–Trinajstić information content (AvgIpc) is 2.41. The van der Waals surface area contributed by atoms with E-state index < -0.39 is 35.7 Å². The van der Waals surface area contributed by atoms with Gasteiger partial charge < -0.3 is 10.1 Å². The van der Waals surface area contributed by atoms with Crippen molar-refractivity contribution in [3.05, 3.63) is 29.6 Å². The maximum Gasteiger partial charge on any atom is 0.573 e. The second-order valence-corrected chi connectivity index (χ2v) is 4.96. The maximum absolute atomic E-state index is 13.9. The van der Waals surface area contributed by atoms with Gasteiger partial charge in [-0.1, -0.05) is 0 Å². The van der Waals surface area contributed by atoms with Gasteiger partial charge in [0.05, 0.1) is 0 Å². The normalized spacial score (nSPS) is 18.7. The Labute approximate surface area is 127 Å². The van der Waals surface area contributed by atoms with E-state index in [1.54, 1.807) is 0 Å². The third-order valence-corrected chi connectivity index (χ3v) is 3.32. The van der Waals surface area contributed by atoms with Gasteiger partial charge in [0.15, 0.2) is 0 Å².